The summed E-state index contributed by atoms with van der Waals surface area (Å²) in [5.74, 6) is -2.53. The summed E-state index contributed by atoms with van der Waals surface area (Å²) in [5, 5.41) is 11.1. The van der Waals surface area contributed by atoms with Crippen LogP contribution in [0.5, 0.6) is 0 Å². The van der Waals surface area contributed by atoms with E-state index >= 15 is 0 Å². The molecule has 0 saturated heterocycles. The fourth-order valence-electron chi connectivity index (χ4n) is 3.73. The molecule has 1 aliphatic rings. The molecule has 0 aliphatic carbocycles. The van der Waals surface area contributed by atoms with E-state index in [1.165, 1.54) is 29.2 Å². The molecule has 10 heteroatoms. The molecule has 10 nitrogen and oxygen atoms in total. The van der Waals surface area contributed by atoms with Crippen molar-refractivity contribution in [1.29, 1.82) is 0 Å². The maximum absolute atomic E-state index is 12.9. The number of nitro groups is 1. The highest BCUT2D eigenvalue weighted by atomic mass is 16.6. The molecule has 2 aromatic carbocycles. The first kappa shape index (κ1) is 22.5. The third kappa shape index (κ3) is 3.89. The second-order valence-corrected chi connectivity index (χ2v) is 6.73. The summed E-state index contributed by atoms with van der Waals surface area (Å²) in [6.45, 7) is 0. The molecule has 3 rings (SSSR count). The number of rotatable bonds is 6. The van der Waals surface area contributed by atoms with Crippen LogP contribution in [0.2, 0.25) is 0 Å². The first-order chi connectivity index (χ1) is 15.3. The summed E-state index contributed by atoms with van der Waals surface area (Å²) < 4.78 is 14.7. The molecule has 2 aromatic rings. The number of esters is 3. The Hall–Kier alpha value is -4.21. The van der Waals surface area contributed by atoms with Crippen LogP contribution in [0.4, 0.5) is 11.4 Å². The van der Waals surface area contributed by atoms with Crippen LogP contribution in [0.25, 0.3) is 0 Å². The number of non-ortho nitro benzene ring substituents is 1. The lowest BCUT2D eigenvalue weighted by Crippen LogP contribution is -2.42. The van der Waals surface area contributed by atoms with Crippen LogP contribution in [0.1, 0.15) is 11.6 Å². The summed E-state index contributed by atoms with van der Waals surface area (Å²) in [6.07, 6.45) is 0. The van der Waals surface area contributed by atoms with E-state index in [1.807, 2.05) is 0 Å². The van der Waals surface area contributed by atoms with Gasteiger partial charge in [0.1, 0.15) is 0 Å². The number of methoxy groups -OCH3 is 3. The minimum Gasteiger partial charge on any atom is -0.467 e. The lowest BCUT2D eigenvalue weighted by atomic mass is 9.96. The minimum absolute atomic E-state index is 0.118. The second-order valence-electron chi connectivity index (χ2n) is 6.73. The molecule has 32 heavy (non-hydrogen) atoms. The molecule has 1 aliphatic heterocycles. The van der Waals surface area contributed by atoms with Crippen LogP contribution in [0, 0.1) is 10.1 Å². The Balaban J connectivity index is 2.33. The number of carbonyl (C=O) groups excluding carboxylic acids is 3. The lowest BCUT2D eigenvalue weighted by Gasteiger charge is -2.32. The number of benzene rings is 2. The fraction of sp³-hybridized carbons (Fsp3) is 0.227. The van der Waals surface area contributed by atoms with Gasteiger partial charge < -0.3 is 19.1 Å². The average molecular weight is 440 g/mol. The van der Waals surface area contributed by atoms with Crippen LogP contribution in [0.15, 0.2) is 65.7 Å². The Labute approximate surface area is 183 Å². The van der Waals surface area contributed by atoms with E-state index in [9.17, 15) is 24.5 Å². The first-order valence-corrected chi connectivity index (χ1v) is 9.42. The van der Waals surface area contributed by atoms with Crippen molar-refractivity contribution in [2.24, 2.45) is 0 Å². The SMILES string of the molecule is COC(=O)C1=C(C(=O)OC)[C@H](c2ccc([N+](=O)[O-])cc2)N(c2ccccc2)[C@H]1C(=O)OC. The quantitative estimate of drug-likeness (QED) is 0.288. The Kier molecular flexibility index (Phi) is 6.53. The van der Waals surface area contributed by atoms with Crippen molar-refractivity contribution in [2.45, 2.75) is 12.1 Å². The van der Waals surface area contributed by atoms with E-state index in [4.69, 9.17) is 14.2 Å². The van der Waals surface area contributed by atoms with E-state index in [-0.39, 0.29) is 16.8 Å². The molecule has 0 bridgehead atoms. The number of para-hydroxylation sites is 1. The normalized spacial score (nSPS) is 17.7. The molecular formula is C22H20N2O8. The Morgan fingerprint density at radius 1 is 0.844 bits per heavy atom. The summed E-state index contributed by atoms with van der Waals surface area (Å²) in [7, 11) is 3.44. The van der Waals surface area contributed by atoms with Gasteiger partial charge in [-0.05, 0) is 29.8 Å². The Morgan fingerprint density at radius 2 is 1.41 bits per heavy atom. The predicted molar refractivity (Wildman–Crippen MR) is 112 cm³/mol. The molecule has 0 saturated carbocycles. The molecule has 2 atom stereocenters. The molecule has 0 amide bonds. The largest absolute Gasteiger partial charge is 0.467 e. The van der Waals surface area contributed by atoms with Crippen molar-refractivity contribution in [3.05, 3.63) is 81.4 Å². The molecule has 1 heterocycles. The van der Waals surface area contributed by atoms with E-state index in [0.29, 0.717) is 11.3 Å². The van der Waals surface area contributed by atoms with Gasteiger partial charge in [0.15, 0.2) is 6.04 Å². The van der Waals surface area contributed by atoms with E-state index in [2.05, 4.69) is 0 Å². The van der Waals surface area contributed by atoms with Gasteiger partial charge in [0, 0.05) is 17.8 Å². The van der Waals surface area contributed by atoms with Gasteiger partial charge in [-0.1, -0.05) is 18.2 Å². The topological polar surface area (TPSA) is 125 Å². The number of nitro benzene ring substituents is 1. The molecule has 0 fully saturated rings. The van der Waals surface area contributed by atoms with E-state index in [1.54, 1.807) is 30.3 Å². The van der Waals surface area contributed by atoms with Crippen molar-refractivity contribution in [3.8, 4) is 0 Å². The molecule has 0 N–H and O–H groups in total. The van der Waals surface area contributed by atoms with Crippen LogP contribution in [0.3, 0.4) is 0 Å². The summed E-state index contributed by atoms with van der Waals surface area (Å²) in [6, 6.07) is 11.8. The third-order valence-corrected chi connectivity index (χ3v) is 5.10. The maximum Gasteiger partial charge on any atom is 0.337 e. The van der Waals surface area contributed by atoms with Gasteiger partial charge in [0.25, 0.3) is 5.69 Å². The number of carbonyl (C=O) groups is 3. The molecule has 0 spiro atoms. The van der Waals surface area contributed by atoms with Gasteiger partial charge >= 0.3 is 17.9 Å². The first-order valence-electron chi connectivity index (χ1n) is 9.42. The summed E-state index contributed by atoms with van der Waals surface area (Å²) in [4.78, 5) is 50.5. The van der Waals surface area contributed by atoms with Crippen LogP contribution < -0.4 is 4.90 Å². The number of ether oxygens (including phenoxy) is 3. The van der Waals surface area contributed by atoms with Gasteiger partial charge in [-0.3, -0.25) is 10.1 Å². The van der Waals surface area contributed by atoms with E-state index in [0.717, 1.165) is 21.3 Å². The molecule has 0 radical (unpaired) electrons. The van der Waals surface area contributed by atoms with Crippen molar-refractivity contribution in [3.63, 3.8) is 0 Å². The highest BCUT2D eigenvalue weighted by molar-refractivity contribution is 6.10. The van der Waals surface area contributed by atoms with Gasteiger partial charge in [0.05, 0.1) is 43.4 Å². The smallest absolute Gasteiger partial charge is 0.337 e. The number of anilines is 1. The number of hydrogen-bond acceptors (Lipinski definition) is 9. The van der Waals surface area contributed by atoms with Gasteiger partial charge in [-0.15, -0.1) is 0 Å². The number of nitrogens with zero attached hydrogens (tertiary/aromatic N) is 2. The zero-order valence-electron chi connectivity index (χ0n) is 17.5. The van der Waals surface area contributed by atoms with Crippen molar-refractivity contribution < 1.29 is 33.5 Å². The van der Waals surface area contributed by atoms with Gasteiger partial charge in [-0.25, -0.2) is 14.4 Å². The zero-order valence-corrected chi connectivity index (χ0v) is 17.5. The highest BCUT2D eigenvalue weighted by Crippen LogP contribution is 2.45. The van der Waals surface area contributed by atoms with Crippen molar-refractivity contribution >= 4 is 29.3 Å². The van der Waals surface area contributed by atoms with Gasteiger partial charge in [0.2, 0.25) is 0 Å². The van der Waals surface area contributed by atoms with Crippen LogP contribution in [-0.2, 0) is 28.6 Å². The summed E-state index contributed by atoms with van der Waals surface area (Å²) >= 11 is 0. The molecule has 0 unspecified atom stereocenters. The van der Waals surface area contributed by atoms with Crippen molar-refractivity contribution in [2.75, 3.05) is 26.2 Å². The van der Waals surface area contributed by atoms with Crippen LogP contribution in [-0.4, -0.2) is 50.2 Å². The maximum atomic E-state index is 12.9. The monoisotopic (exact) mass is 440 g/mol. The molecule has 166 valence electrons. The average Bonchev–Trinajstić information content (AvgIpc) is 3.19. The standard InChI is InChI=1S/C22H20N2O8/c1-30-20(25)16-17(21(26)31-2)19(22(27)32-3)23(14-7-5-4-6-8-14)18(16)13-9-11-15(12-10-13)24(28)29/h4-12,18-19H,1-3H3/t18-,19+/m0/s1. The Bertz CT molecular complexity index is 1080. The minimum atomic E-state index is -1.32. The fourth-order valence-corrected chi connectivity index (χ4v) is 3.73. The molecule has 0 aromatic heterocycles. The van der Waals surface area contributed by atoms with E-state index < -0.39 is 34.9 Å². The lowest BCUT2D eigenvalue weighted by molar-refractivity contribution is -0.384. The second kappa shape index (κ2) is 9.29. The number of hydrogen-bond donors (Lipinski definition) is 0. The van der Waals surface area contributed by atoms with Crippen molar-refractivity contribution in [1.82, 2.24) is 0 Å². The summed E-state index contributed by atoms with van der Waals surface area (Å²) in [5.41, 5.74) is 0.435. The van der Waals surface area contributed by atoms with Crippen LogP contribution >= 0.6 is 0 Å². The highest BCUT2D eigenvalue weighted by Gasteiger charge is 2.51. The zero-order chi connectivity index (χ0) is 23.4. The van der Waals surface area contributed by atoms with Gasteiger partial charge in [-0.2, -0.15) is 0 Å². The molecular weight excluding hydrogens is 420 g/mol. The predicted octanol–water partition coefficient (Wildman–Crippen LogP) is 2.34. The Morgan fingerprint density at radius 3 is 1.91 bits per heavy atom. The third-order valence-electron chi connectivity index (χ3n) is 5.10.